The molecule has 2 aliphatic rings. The zero-order valence-corrected chi connectivity index (χ0v) is 19.1. The maximum absolute atomic E-state index is 15.6. The van der Waals surface area contributed by atoms with Gasteiger partial charge in [-0.1, -0.05) is 43.3 Å². The van der Waals surface area contributed by atoms with E-state index in [9.17, 15) is 4.39 Å². The van der Waals surface area contributed by atoms with Gasteiger partial charge >= 0.3 is 11.8 Å². The fraction of sp³-hybridized carbons (Fsp3) is 0.333. The molecule has 0 amide bonds. The van der Waals surface area contributed by atoms with E-state index in [0.717, 1.165) is 18.2 Å². The molecule has 1 nitrogen and oxygen atoms in total. The third kappa shape index (κ3) is 3.82. The Kier molecular flexibility index (Phi) is 6.47. The van der Waals surface area contributed by atoms with E-state index in [1.54, 1.807) is 6.08 Å². The van der Waals surface area contributed by atoms with Gasteiger partial charge in [0.05, 0.1) is 11.1 Å². The molecule has 2 unspecified atom stereocenters. The number of fused-ring (bicyclic) bond motifs is 3. The lowest BCUT2D eigenvalue weighted by atomic mass is 9.72. The molecule has 0 bridgehead atoms. The number of allylic oxidation sites excluding steroid dienone is 3. The van der Waals surface area contributed by atoms with E-state index in [0.29, 0.717) is 18.4 Å². The number of halogens is 7. The lowest BCUT2D eigenvalue weighted by Crippen LogP contribution is -2.47. The molecule has 0 aliphatic heterocycles. The highest BCUT2D eigenvalue weighted by atomic mass is 19.3. The van der Waals surface area contributed by atoms with Crippen LogP contribution < -0.4 is 0 Å². The van der Waals surface area contributed by atoms with Gasteiger partial charge in [0.15, 0.2) is 0 Å². The Morgan fingerprint density at radius 1 is 0.971 bits per heavy atom. The van der Waals surface area contributed by atoms with Crippen molar-refractivity contribution in [1.82, 2.24) is 0 Å². The van der Waals surface area contributed by atoms with Crippen molar-refractivity contribution < 1.29 is 35.5 Å². The lowest BCUT2D eigenvalue weighted by molar-refractivity contribution is -0.196. The molecule has 8 heteroatoms. The summed E-state index contributed by atoms with van der Waals surface area (Å²) in [6, 6.07) is 5.92. The van der Waals surface area contributed by atoms with Crippen molar-refractivity contribution in [2.45, 2.75) is 44.6 Å². The number of rotatable bonds is 6. The maximum atomic E-state index is 15.6. The van der Waals surface area contributed by atoms with Crippen LogP contribution in [0, 0.1) is 17.6 Å². The van der Waals surface area contributed by atoms with Crippen LogP contribution in [-0.2, 0) is 17.1 Å². The van der Waals surface area contributed by atoms with Crippen molar-refractivity contribution in [3.63, 3.8) is 0 Å². The molecular formula is C27H23F7O. The minimum atomic E-state index is -5.09. The van der Waals surface area contributed by atoms with Gasteiger partial charge in [-0.3, -0.25) is 0 Å². The third-order valence-electron chi connectivity index (χ3n) is 6.43. The van der Waals surface area contributed by atoms with Crippen LogP contribution in [0.4, 0.5) is 30.7 Å². The van der Waals surface area contributed by atoms with Crippen LogP contribution in [-0.4, -0.2) is 18.6 Å². The van der Waals surface area contributed by atoms with E-state index >= 15 is 26.3 Å². The molecule has 0 saturated carbocycles. The van der Waals surface area contributed by atoms with Crippen molar-refractivity contribution in [3.8, 4) is 11.1 Å². The summed E-state index contributed by atoms with van der Waals surface area (Å²) in [5.74, 6) is -15.0. The normalized spacial score (nSPS) is 22.4. The van der Waals surface area contributed by atoms with E-state index in [1.807, 2.05) is 0 Å². The summed E-state index contributed by atoms with van der Waals surface area (Å²) in [4.78, 5) is 0. The molecule has 2 aromatic rings. The first-order valence-corrected chi connectivity index (χ1v) is 11.2. The second kappa shape index (κ2) is 8.97. The van der Waals surface area contributed by atoms with Crippen LogP contribution >= 0.6 is 0 Å². The van der Waals surface area contributed by atoms with Gasteiger partial charge in [0.2, 0.25) is 0 Å². The third-order valence-corrected chi connectivity index (χ3v) is 6.43. The zero-order chi connectivity index (χ0) is 25.7. The second-order valence-corrected chi connectivity index (χ2v) is 8.68. The summed E-state index contributed by atoms with van der Waals surface area (Å²) in [5, 5.41) is 0. The van der Waals surface area contributed by atoms with Crippen LogP contribution in [0.3, 0.4) is 0 Å². The highest BCUT2D eigenvalue weighted by molar-refractivity contribution is 5.89. The predicted octanol–water partition coefficient (Wildman–Crippen LogP) is 8.15. The highest BCUT2D eigenvalue weighted by Crippen LogP contribution is 2.60. The van der Waals surface area contributed by atoms with Gasteiger partial charge < -0.3 is 4.74 Å². The van der Waals surface area contributed by atoms with Gasteiger partial charge in [0.25, 0.3) is 0 Å². The first-order chi connectivity index (χ1) is 16.5. The average molecular weight is 496 g/mol. The van der Waals surface area contributed by atoms with Gasteiger partial charge in [-0.2, -0.15) is 17.6 Å². The number of ether oxygens (including phenoxy) is 1. The number of hydrogen-bond acceptors (Lipinski definition) is 1. The summed E-state index contributed by atoms with van der Waals surface area (Å²) >= 11 is 0. The zero-order valence-electron chi connectivity index (χ0n) is 19.1. The minimum Gasteiger partial charge on any atom is -0.371 e. The van der Waals surface area contributed by atoms with Crippen molar-refractivity contribution in [3.05, 3.63) is 88.8 Å². The molecule has 0 spiro atoms. The Morgan fingerprint density at radius 3 is 2.26 bits per heavy atom. The largest absolute Gasteiger partial charge is 0.371 e. The molecule has 2 atom stereocenters. The molecule has 2 aliphatic carbocycles. The molecule has 35 heavy (non-hydrogen) atoms. The molecule has 4 rings (SSSR count). The predicted molar refractivity (Wildman–Crippen MR) is 120 cm³/mol. The molecule has 0 heterocycles. The Labute approximate surface area is 198 Å². The first-order valence-electron chi connectivity index (χ1n) is 11.2. The van der Waals surface area contributed by atoms with E-state index in [1.165, 1.54) is 32.1 Å². The van der Waals surface area contributed by atoms with Gasteiger partial charge in [0, 0.05) is 23.7 Å². The summed E-state index contributed by atoms with van der Waals surface area (Å²) in [6.45, 7) is 6.57. The Hall–Kier alpha value is -2.87. The number of aryl methyl sites for hydroxylation is 1. The fourth-order valence-electron chi connectivity index (χ4n) is 4.71. The summed E-state index contributed by atoms with van der Waals surface area (Å²) in [5.41, 5.74) is -4.51. The standard InChI is InChI=1S/C27H23F7O/c1-4-6-7-15-8-9-16(20(28)13-15)18-11-10-17-19-12-14(3)25(35-5-2)24(30)22(19)27(33,34)26(31,32)21(17)23(18)29/h4,8-14,25H,1,5-7H2,2-3H3. The van der Waals surface area contributed by atoms with Gasteiger partial charge in [-0.05, 0) is 42.5 Å². The first kappa shape index (κ1) is 25.2. The SMILES string of the molecule is C=CCCc1ccc(-c2ccc3c(c2F)C(F)(F)C(F)(F)C2=C(F)C(OCC)C(C)C=C23)c(F)c1. The lowest BCUT2D eigenvalue weighted by Gasteiger charge is -2.40. The summed E-state index contributed by atoms with van der Waals surface area (Å²) < 4.78 is 111. The molecule has 186 valence electrons. The number of benzene rings is 2. The Bertz CT molecular complexity index is 1240. The Morgan fingerprint density at radius 2 is 1.63 bits per heavy atom. The van der Waals surface area contributed by atoms with E-state index in [2.05, 4.69) is 6.58 Å². The Balaban J connectivity index is 1.92. The maximum Gasteiger partial charge on any atom is 0.343 e. The fourth-order valence-corrected chi connectivity index (χ4v) is 4.71. The second-order valence-electron chi connectivity index (χ2n) is 8.68. The van der Waals surface area contributed by atoms with Gasteiger partial charge in [0.1, 0.15) is 23.6 Å². The van der Waals surface area contributed by atoms with Crippen molar-refractivity contribution in [1.29, 1.82) is 0 Å². The minimum absolute atomic E-state index is 0.0205. The van der Waals surface area contributed by atoms with Crippen LogP contribution in [0.1, 0.15) is 37.0 Å². The van der Waals surface area contributed by atoms with Crippen LogP contribution in [0.5, 0.6) is 0 Å². The van der Waals surface area contributed by atoms with Crippen molar-refractivity contribution >= 4 is 5.57 Å². The molecule has 2 aromatic carbocycles. The molecule has 0 radical (unpaired) electrons. The number of alkyl halides is 4. The van der Waals surface area contributed by atoms with Crippen LogP contribution in [0.15, 0.2) is 60.5 Å². The van der Waals surface area contributed by atoms with Crippen molar-refractivity contribution in [2.75, 3.05) is 6.61 Å². The molecule has 0 N–H and O–H groups in total. The highest BCUT2D eigenvalue weighted by Gasteiger charge is 2.67. The van der Waals surface area contributed by atoms with E-state index in [-0.39, 0.29) is 12.2 Å². The summed E-state index contributed by atoms with van der Waals surface area (Å²) in [7, 11) is 0. The topological polar surface area (TPSA) is 9.23 Å². The smallest absolute Gasteiger partial charge is 0.343 e. The van der Waals surface area contributed by atoms with E-state index < -0.39 is 69.2 Å². The average Bonchev–Trinajstić information content (AvgIpc) is 2.79. The molecule has 0 fully saturated rings. The van der Waals surface area contributed by atoms with Gasteiger partial charge in [-0.25, -0.2) is 13.2 Å². The monoisotopic (exact) mass is 496 g/mol. The van der Waals surface area contributed by atoms with Gasteiger partial charge in [-0.15, -0.1) is 6.58 Å². The summed E-state index contributed by atoms with van der Waals surface area (Å²) in [6.07, 6.45) is 2.40. The quantitative estimate of drug-likeness (QED) is 0.290. The van der Waals surface area contributed by atoms with E-state index in [4.69, 9.17) is 4.74 Å². The molecule has 0 saturated heterocycles. The molecular weight excluding hydrogens is 473 g/mol. The van der Waals surface area contributed by atoms with Crippen molar-refractivity contribution in [2.24, 2.45) is 5.92 Å². The molecule has 0 aromatic heterocycles. The van der Waals surface area contributed by atoms with Crippen LogP contribution in [0.2, 0.25) is 0 Å². The van der Waals surface area contributed by atoms with Crippen LogP contribution in [0.25, 0.3) is 16.7 Å². The number of hydrogen-bond donors (Lipinski definition) is 0.